The molecule has 0 bridgehead atoms. The first-order valence-corrected chi connectivity index (χ1v) is 4.33. The summed E-state index contributed by atoms with van der Waals surface area (Å²) in [4.78, 5) is 11.1. The zero-order valence-corrected chi connectivity index (χ0v) is 7.79. The zero-order chi connectivity index (χ0) is 9.84. The van der Waals surface area contributed by atoms with Gasteiger partial charge in [-0.15, -0.1) is 6.58 Å². The van der Waals surface area contributed by atoms with Crippen molar-refractivity contribution in [3.8, 4) is 0 Å². The van der Waals surface area contributed by atoms with E-state index in [1.54, 1.807) is 6.08 Å². The van der Waals surface area contributed by atoms with Crippen LogP contribution in [0.4, 0.5) is 0 Å². The average Bonchev–Trinajstić information content (AvgIpc) is 2.40. The first kappa shape index (κ1) is 9.99. The summed E-state index contributed by atoms with van der Waals surface area (Å²) in [6, 6.07) is 0. The van der Waals surface area contributed by atoms with Crippen molar-refractivity contribution in [3.63, 3.8) is 0 Å². The van der Waals surface area contributed by atoms with Gasteiger partial charge in [0.2, 0.25) is 0 Å². The second-order valence-electron chi connectivity index (χ2n) is 2.92. The minimum absolute atomic E-state index is 0.181. The van der Waals surface area contributed by atoms with Crippen LogP contribution in [0.3, 0.4) is 0 Å². The number of esters is 1. The van der Waals surface area contributed by atoms with E-state index in [0.717, 1.165) is 6.42 Å². The molecule has 0 aliphatic carbocycles. The summed E-state index contributed by atoms with van der Waals surface area (Å²) in [5.41, 5.74) is 0.411. The highest BCUT2D eigenvalue weighted by atomic mass is 16.6. The molecule has 1 fully saturated rings. The SMILES string of the molecule is C=CCOC1C(=C)C(=O)OC1CC. The number of carbonyl (C=O) groups excluding carboxylic acids is 1. The van der Waals surface area contributed by atoms with Crippen molar-refractivity contribution in [3.05, 3.63) is 24.8 Å². The van der Waals surface area contributed by atoms with Crippen LogP contribution in [-0.2, 0) is 14.3 Å². The molecule has 72 valence electrons. The molecule has 1 aliphatic rings. The second kappa shape index (κ2) is 4.23. The summed E-state index contributed by atoms with van der Waals surface area (Å²) in [6.07, 6.45) is 1.91. The van der Waals surface area contributed by atoms with E-state index in [2.05, 4.69) is 13.2 Å². The van der Waals surface area contributed by atoms with Crippen molar-refractivity contribution >= 4 is 5.97 Å². The predicted molar refractivity (Wildman–Crippen MR) is 49.2 cm³/mol. The average molecular weight is 182 g/mol. The summed E-state index contributed by atoms with van der Waals surface area (Å²) in [5.74, 6) is -0.346. The van der Waals surface area contributed by atoms with Gasteiger partial charge < -0.3 is 9.47 Å². The number of hydrogen-bond donors (Lipinski definition) is 0. The Hall–Kier alpha value is -1.09. The van der Waals surface area contributed by atoms with Gasteiger partial charge in [-0.25, -0.2) is 4.79 Å². The minimum Gasteiger partial charge on any atom is -0.456 e. The Kier molecular flexibility index (Phi) is 3.25. The Morgan fingerprint density at radius 1 is 1.69 bits per heavy atom. The Bertz CT molecular complexity index is 232. The lowest BCUT2D eigenvalue weighted by molar-refractivity contribution is -0.140. The van der Waals surface area contributed by atoms with E-state index in [9.17, 15) is 4.79 Å². The van der Waals surface area contributed by atoms with Crippen LogP contribution in [0.2, 0.25) is 0 Å². The van der Waals surface area contributed by atoms with E-state index in [-0.39, 0.29) is 18.2 Å². The van der Waals surface area contributed by atoms with Gasteiger partial charge in [0.25, 0.3) is 0 Å². The molecule has 0 amide bonds. The van der Waals surface area contributed by atoms with Gasteiger partial charge in [-0.1, -0.05) is 19.6 Å². The lowest BCUT2D eigenvalue weighted by Gasteiger charge is -2.15. The molecule has 1 aliphatic heterocycles. The van der Waals surface area contributed by atoms with E-state index >= 15 is 0 Å². The third kappa shape index (κ3) is 1.98. The standard InChI is InChI=1S/C10H14O3/c1-4-6-12-9-7(3)10(11)13-8(9)5-2/h4,8-9H,1,3,5-6H2,2H3. The molecule has 2 unspecified atom stereocenters. The maximum atomic E-state index is 11.1. The van der Waals surface area contributed by atoms with Crippen LogP contribution < -0.4 is 0 Å². The number of rotatable bonds is 4. The smallest absolute Gasteiger partial charge is 0.336 e. The monoisotopic (exact) mass is 182 g/mol. The highest BCUT2D eigenvalue weighted by Gasteiger charge is 2.37. The van der Waals surface area contributed by atoms with Gasteiger partial charge in [0.1, 0.15) is 12.2 Å². The summed E-state index contributed by atoms with van der Waals surface area (Å²) >= 11 is 0. The fourth-order valence-corrected chi connectivity index (χ4v) is 1.29. The first-order chi connectivity index (χ1) is 6.20. The predicted octanol–water partition coefficient (Wildman–Crippen LogP) is 1.45. The van der Waals surface area contributed by atoms with Crippen LogP contribution in [0.1, 0.15) is 13.3 Å². The van der Waals surface area contributed by atoms with Crippen LogP contribution in [0.15, 0.2) is 24.8 Å². The summed E-state index contributed by atoms with van der Waals surface area (Å²) in [7, 11) is 0. The third-order valence-electron chi connectivity index (χ3n) is 2.00. The van der Waals surface area contributed by atoms with Crippen molar-refractivity contribution in [1.82, 2.24) is 0 Å². The molecule has 0 saturated carbocycles. The van der Waals surface area contributed by atoms with E-state index in [4.69, 9.17) is 9.47 Å². The lowest BCUT2D eigenvalue weighted by Crippen LogP contribution is -2.24. The maximum Gasteiger partial charge on any atom is 0.336 e. The van der Waals surface area contributed by atoms with Gasteiger partial charge in [-0.05, 0) is 6.42 Å². The van der Waals surface area contributed by atoms with Gasteiger partial charge in [0.15, 0.2) is 0 Å². The Morgan fingerprint density at radius 2 is 2.38 bits per heavy atom. The molecule has 0 radical (unpaired) electrons. The largest absolute Gasteiger partial charge is 0.456 e. The Morgan fingerprint density at radius 3 is 2.92 bits per heavy atom. The van der Waals surface area contributed by atoms with Crippen LogP contribution in [0, 0.1) is 0 Å². The van der Waals surface area contributed by atoms with Gasteiger partial charge in [0, 0.05) is 0 Å². The van der Waals surface area contributed by atoms with Crippen LogP contribution in [0.5, 0.6) is 0 Å². The lowest BCUT2D eigenvalue weighted by atomic mass is 10.1. The topological polar surface area (TPSA) is 35.5 Å². The molecule has 0 aromatic heterocycles. The maximum absolute atomic E-state index is 11.1. The first-order valence-electron chi connectivity index (χ1n) is 4.33. The molecular weight excluding hydrogens is 168 g/mol. The third-order valence-corrected chi connectivity index (χ3v) is 2.00. The highest BCUT2D eigenvalue weighted by Crippen LogP contribution is 2.24. The van der Waals surface area contributed by atoms with Crippen LogP contribution in [-0.4, -0.2) is 24.8 Å². The van der Waals surface area contributed by atoms with Crippen LogP contribution in [0.25, 0.3) is 0 Å². The van der Waals surface area contributed by atoms with Crippen molar-refractivity contribution in [2.45, 2.75) is 25.6 Å². The number of ether oxygens (including phenoxy) is 2. The second-order valence-corrected chi connectivity index (χ2v) is 2.92. The molecule has 0 spiro atoms. The summed E-state index contributed by atoms with van der Waals surface area (Å²) < 4.78 is 10.4. The van der Waals surface area contributed by atoms with E-state index in [1.807, 2.05) is 6.92 Å². The van der Waals surface area contributed by atoms with E-state index in [1.165, 1.54) is 0 Å². The number of hydrogen-bond acceptors (Lipinski definition) is 3. The summed E-state index contributed by atoms with van der Waals surface area (Å²) in [5, 5.41) is 0. The van der Waals surface area contributed by atoms with Crippen molar-refractivity contribution < 1.29 is 14.3 Å². The number of carbonyl (C=O) groups is 1. The molecule has 3 heteroatoms. The fraction of sp³-hybridized carbons (Fsp3) is 0.500. The van der Waals surface area contributed by atoms with Crippen LogP contribution >= 0.6 is 0 Å². The molecule has 1 saturated heterocycles. The molecular formula is C10H14O3. The molecule has 0 aromatic rings. The Labute approximate surface area is 78.0 Å². The Balaban J connectivity index is 2.62. The van der Waals surface area contributed by atoms with Crippen molar-refractivity contribution in [2.75, 3.05) is 6.61 Å². The van der Waals surface area contributed by atoms with Gasteiger partial charge in [-0.3, -0.25) is 0 Å². The van der Waals surface area contributed by atoms with Crippen molar-refractivity contribution in [1.29, 1.82) is 0 Å². The molecule has 13 heavy (non-hydrogen) atoms. The molecule has 2 atom stereocenters. The van der Waals surface area contributed by atoms with E-state index < -0.39 is 0 Å². The van der Waals surface area contributed by atoms with E-state index in [0.29, 0.717) is 12.2 Å². The highest BCUT2D eigenvalue weighted by molar-refractivity contribution is 5.91. The summed E-state index contributed by atoms with van der Waals surface area (Å²) in [6.45, 7) is 9.53. The number of cyclic esters (lactones) is 1. The van der Waals surface area contributed by atoms with Gasteiger partial charge in [0.05, 0.1) is 12.2 Å². The zero-order valence-electron chi connectivity index (χ0n) is 7.79. The molecule has 1 rings (SSSR count). The fourth-order valence-electron chi connectivity index (χ4n) is 1.29. The molecule has 1 heterocycles. The molecule has 0 aromatic carbocycles. The normalized spacial score (nSPS) is 27.5. The minimum atomic E-state index is -0.346. The molecule has 3 nitrogen and oxygen atoms in total. The quantitative estimate of drug-likeness (QED) is 0.375. The molecule has 0 N–H and O–H groups in total. The van der Waals surface area contributed by atoms with Gasteiger partial charge >= 0.3 is 5.97 Å². The van der Waals surface area contributed by atoms with Crippen molar-refractivity contribution in [2.24, 2.45) is 0 Å². The van der Waals surface area contributed by atoms with Gasteiger partial charge in [-0.2, -0.15) is 0 Å².